The first-order valence-corrected chi connectivity index (χ1v) is 5.73. The summed E-state index contributed by atoms with van der Waals surface area (Å²) >= 11 is 0. The molecular formula is C14H9F3O4. The highest BCUT2D eigenvalue weighted by Gasteiger charge is 2.29. The normalized spacial score (nSPS) is 10.4. The maximum absolute atomic E-state index is 13.7. The number of phenols is 1. The number of hydrogen-bond acceptors (Lipinski definition) is 3. The number of aromatic carboxylic acids is 1. The largest absolute Gasteiger partial charge is 0.504 e. The average molecular weight is 298 g/mol. The molecule has 4 nitrogen and oxygen atoms in total. The van der Waals surface area contributed by atoms with E-state index in [1.54, 1.807) is 30.3 Å². The third-order valence-corrected chi connectivity index (χ3v) is 2.70. The SMILES string of the molecule is O=C(O)c1c(O)c(F)c(OCc2ccccc2)c(F)c1F. The van der Waals surface area contributed by atoms with E-state index in [9.17, 15) is 23.1 Å². The van der Waals surface area contributed by atoms with E-state index < -0.39 is 40.5 Å². The molecule has 0 aliphatic heterocycles. The van der Waals surface area contributed by atoms with Crippen LogP contribution in [0.3, 0.4) is 0 Å². The molecule has 0 aliphatic carbocycles. The minimum Gasteiger partial charge on any atom is -0.504 e. The van der Waals surface area contributed by atoms with E-state index in [1.165, 1.54) is 0 Å². The van der Waals surface area contributed by atoms with Crippen molar-refractivity contribution in [3.05, 3.63) is 58.9 Å². The summed E-state index contributed by atoms with van der Waals surface area (Å²) in [7, 11) is 0. The van der Waals surface area contributed by atoms with Gasteiger partial charge >= 0.3 is 5.97 Å². The molecule has 0 heterocycles. The molecule has 2 aromatic carbocycles. The molecule has 0 amide bonds. The molecule has 0 aliphatic rings. The Morgan fingerprint density at radius 3 is 2.24 bits per heavy atom. The first-order valence-electron chi connectivity index (χ1n) is 5.73. The highest BCUT2D eigenvalue weighted by molar-refractivity contribution is 5.91. The van der Waals surface area contributed by atoms with E-state index in [0.717, 1.165) is 0 Å². The third kappa shape index (κ3) is 2.76. The Labute approximate surface area is 117 Å². The monoisotopic (exact) mass is 298 g/mol. The van der Waals surface area contributed by atoms with Gasteiger partial charge in [0, 0.05) is 0 Å². The molecule has 0 saturated carbocycles. The minimum absolute atomic E-state index is 0.278. The van der Waals surface area contributed by atoms with Crippen molar-refractivity contribution < 1.29 is 32.9 Å². The molecule has 110 valence electrons. The number of carboxylic acid groups (broad SMARTS) is 1. The summed E-state index contributed by atoms with van der Waals surface area (Å²) in [6.45, 7) is -0.278. The lowest BCUT2D eigenvalue weighted by molar-refractivity contribution is 0.0685. The van der Waals surface area contributed by atoms with Crippen molar-refractivity contribution in [1.82, 2.24) is 0 Å². The van der Waals surface area contributed by atoms with Gasteiger partial charge in [-0.3, -0.25) is 0 Å². The first-order chi connectivity index (χ1) is 9.93. The molecule has 0 spiro atoms. The highest BCUT2D eigenvalue weighted by Crippen LogP contribution is 2.35. The lowest BCUT2D eigenvalue weighted by Crippen LogP contribution is -2.09. The van der Waals surface area contributed by atoms with Gasteiger partial charge in [0.25, 0.3) is 0 Å². The van der Waals surface area contributed by atoms with E-state index in [2.05, 4.69) is 0 Å². The van der Waals surface area contributed by atoms with Crippen LogP contribution in [0.2, 0.25) is 0 Å². The second-order valence-electron chi connectivity index (χ2n) is 4.07. The van der Waals surface area contributed by atoms with Gasteiger partial charge in [-0.15, -0.1) is 0 Å². The average Bonchev–Trinajstić information content (AvgIpc) is 2.46. The number of rotatable bonds is 4. The number of hydrogen-bond donors (Lipinski definition) is 2. The molecule has 0 bridgehead atoms. The molecule has 0 fully saturated rings. The fraction of sp³-hybridized carbons (Fsp3) is 0.0714. The molecule has 2 N–H and O–H groups in total. The standard InChI is InChI=1S/C14H9F3O4/c15-9-8(14(19)20)12(18)11(17)13(10(9)16)21-6-7-4-2-1-3-5-7/h1-5,18H,6H2,(H,19,20). The first kappa shape index (κ1) is 14.7. The maximum Gasteiger partial charge on any atom is 0.342 e. The summed E-state index contributed by atoms with van der Waals surface area (Å²) in [4.78, 5) is 10.7. The van der Waals surface area contributed by atoms with Crippen LogP contribution in [-0.4, -0.2) is 16.2 Å². The molecule has 2 aromatic rings. The Bertz CT molecular complexity index is 657. The van der Waals surface area contributed by atoms with Crippen LogP contribution in [0, 0.1) is 17.5 Å². The van der Waals surface area contributed by atoms with Crippen LogP contribution in [0.1, 0.15) is 15.9 Å². The molecule has 2 rings (SSSR count). The van der Waals surface area contributed by atoms with Crippen LogP contribution in [-0.2, 0) is 6.61 Å². The zero-order chi connectivity index (χ0) is 15.6. The van der Waals surface area contributed by atoms with Gasteiger partial charge in [-0.2, -0.15) is 8.78 Å². The summed E-state index contributed by atoms with van der Waals surface area (Å²) in [6.07, 6.45) is 0. The third-order valence-electron chi connectivity index (χ3n) is 2.70. The number of ether oxygens (including phenoxy) is 1. The number of carbonyl (C=O) groups is 1. The zero-order valence-corrected chi connectivity index (χ0v) is 10.4. The molecule has 0 radical (unpaired) electrons. The van der Waals surface area contributed by atoms with E-state index in [1.807, 2.05) is 0 Å². The van der Waals surface area contributed by atoms with Crippen molar-refractivity contribution >= 4 is 5.97 Å². The molecular weight excluding hydrogens is 289 g/mol. The fourth-order valence-electron chi connectivity index (χ4n) is 1.68. The molecule has 21 heavy (non-hydrogen) atoms. The van der Waals surface area contributed by atoms with Crippen molar-refractivity contribution in [2.45, 2.75) is 6.61 Å². The van der Waals surface area contributed by atoms with Crippen molar-refractivity contribution in [2.24, 2.45) is 0 Å². The molecule has 0 saturated heterocycles. The van der Waals surface area contributed by atoms with Crippen LogP contribution < -0.4 is 4.74 Å². The molecule has 0 unspecified atom stereocenters. The highest BCUT2D eigenvalue weighted by atomic mass is 19.2. The summed E-state index contributed by atoms with van der Waals surface area (Å²) < 4.78 is 45.7. The van der Waals surface area contributed by atoms with Crippen molar-refractivity contribution in [1.29, 1.82) is 0 Å². The summed E-state index contributed by atoms with van der Waals surface area (Å²) in [6, 6.07) is 8.26. The Morgan fingerprint density at radius 1 is 1.05 bits per heavy atom. The van der Waals surface area contributed by atoms with Gasteiger partial charge < -0.3 is 14.9 Å². The maximum atomic E-state index is 13.7. The Hall–Kier alpha value is -2.70. The smallest absolute Gasteiger partial charge is 0.342 e. The zero-order valence-electron chi connectivity index (χ0n) is 10.4. The van der Waals surface area contributed by atoms with Gasteiger partial charge in [0.2, 0.25) is 11.6 Å². The van der Waals surface area contributed by atoms with E-state index >= 15 is 0 Å². The number of halogens is 3. The predicted molar refractivity (Wildman–Crippen MR) is 65.7 cm³/mol. The lowest BCUT2D eigenvalue weighted by Gasteiger charge is -2.12. The van der Waals surface area contributed by atoms with E-state index in [-0.39, 0.29) is 6.61 Å². The summed E-state index contributed by atoms with van der Waals surface area (Å²) in [5.74, 6) is -10.0. The second-order valence-corrected chi connectivity index (χ2v) is 4.07. The van der Waals surface area contributed by atoms with Crippen molar-refractivity contribution in [3.63, 3.8) is 0 Å². The summed E-state index contributed by atoms with van der Waals surface area (Å²) in [5, 5.41) is 17.9. The molecule has 0 atom stereocenters. The van der Waals surface area contributed by atoms with E-state index in [4.69, 9.17) is 9.84 Å². The Morgan fingerprint density at radius 2 is 1.67 bits per heavy atom. The number of aromatic hydroxyl groups is 1. The second kappa shape index (κ2) is 5.74. The number of carboxylic acids is 1. The lowest BCUT2D eigenvalue weighted by atomic mass is 10.1. The summed E-state index contributed by atoms with van der Waals surface area (Å²) in [5.41, 5.74) is -0.921. The van der Waals surface area contributed by atoms with Gasteiger partial charge in [-0.05, 0) is 5.56 Å². The quantitative estimate of drug-likeness (QED) is 0.851. The van der Waals surface area contributed by atoms with Gasteiger partial charge in [-0.1, -0.05) is 30.3 Å². The number of benzene rings is 2. The van der Waals surface area contributed by atoms with Crippen LogP contribution in [0.25, 0.3) is 0 Å². The van der Waals surface area contributed by atoms with Gasteiger partial charge in [0.15, 0.2) is 17.3 Å². The molecule has 7 heteroatoms. The van der Waals surface area contributed by atoms with E-state index in [0.29, 0.717) is 5.56 Å². The van der Waals surface area contributed by atoms with Crippen molar-refractivity contribution in [3.8, 4) is 11.5 Å². The van der Waals surface area contributed by atoms with Crippen LogP contribution in [0.4, 0.5) is 13.2 Å². The Balaban J connectivity index is 2.39. The topological polar surface area (TPSA) is 66.8 Å². The van der Waals surface area contributed by atoms with Gasteiger partial charge in [0.1, 0.15) is 12.2 Å². The minimum atomic E-state index is -1.99. The Kier molecular flexibility index (Phi) is 4.02. The fourth-order valence-corrected chi connectivity index (χ4v) is 1.68. The van der Waals surface area contributed by atoms with Crippen LogP contribution in [0.15, 0.2) is 30.3 Å². The van der Waals surface area contributed by atoms with Crippen LogP contribution in [0.5, 0.6) is 11.5 Å². The van der Waals surface area contributed by atoms with Gasteiger partial charge in [-0.25, -0.2) is 9.18 Å². The van der Waals surface area contributed by atoms with Gasteiger partial charge in [0.05, 0.1) is 0 Å². The van der Waals surface area contributed by atoms with Crippen molar-refractivity contribution in [2.75, 3.05) is 0 Å². The molecule has 0 aromatic heterocycles. The van der Waals surface area contributed by atoms with Crippen LogP contribution >= 0.6 is 0 Å². The predicted octanol–water partition coefficient (Wildman–Crippen LogP) is 3.09.